The third kappa shape index (κ3) is 4.87. The zero-order valence-corrected chi connectivity index (χ0v) is 17.9. The monoisotopic (exact) mass is 424 g/mol. The molecule has 0 fully saturated rings. The smallest absolute Gasteiger partial charge is 0.261 e. The summed E-state index contributed by atoms with van der Waals surface area (Å²) in [5, 5.41) is 2.76. The van der Waals surface area contributed by atoms with Crippen molar-refractivity contribution in [1.29, 1.82) is 0 Å². The number of benzene rings is 3. The van der Waals surface area contributed by atoms with Gasteiger partial charge in [0.2, 0.25) is 0 Å². The summed E-state index contributed by atoms with van der Waals surface area (Å²) in [5.74, 6) is -0.340. The van der Waals surface area contributed by atoms with Crippen LogP contribution in [0.2, 0.25) is 0 Å². The van der Waals surface area contributed by atoms with Crippen LogP contribution in [-0.2, 0) is 19.6 Å². The van der Waals surface area contributed by atoms with Gasteiger partial charge in [0.05, 0.1) is 10.6 Å². The molecule has 0 saturated carbocycles. The molecule has 0 aliphatic heterocycles. The van der Waals surface area contributed by atoms with E-state index in [4.69, 9.17) is 4.74 Å². The van der Waals surface area contributed by atoms with Crippen LogP contribution in [0.5, 0.6) is 0 Å². The third-order valence-corrected chi connectivity index (χ3v) is 6.09. The molecule has 0 aliphatic carbocycles. The van der Waals surface area contributed by atoms with Gasteiger partial charge in [-0.2, -0.15) is 0 Å². The second-order valence-corrected chi connectivity index (χ2v) is 8.59. The Morgan fingerprint density at radius 3 is 2.03 bits per heavy atom. The van der Waals surface area contributed by atoms with Crippen molar-refractivity contribution in [3.63, 3.8) is 0 Å². The highest BCUT2D eigenvalue weighted by molar-refractivity contribution is 7.92. The Hall–Kier alpha value is -3.16. The van der Waals surface area contributed by atoms with Crippen LogP contribution in [0.1, 0.15) is 22.8 Å². The van der Waals surface area contributed by atoms with Gasteiger partial charge in [-0.3, -0.25) is 9.52 Å². The summed E-state index contributed by atoms with van der Waals surface area (Å²) in [6.07, 6.45) is -0.764. The van der Waals surface area contributed by atoms with E-state index in [9.17, 15) is 13.2 Å². The molecular weight excluding hydrogens is 400 g/mol. The number of methoxy groups -OCH3 is 1. The molecule has 156 valence electrons. The van der Waals surface area contributed by atoms with Gasteiger partial charge in [-0.15, -0.1) is 0 Å². The maximum absolute atomic E-state index is 12.8. The largest absolute Gasteiger partial charge is 0.367 e. The number of carbonyl (C=O) groups is 1. The van der Waals surface area contributed by atoms with Gasteiger partial charge in [0, 0.05) is 12.8 Å². The standard InChI is InChI=1S/C23H24N2O4S/c1-16-8-7-9-17(2)21(16)25-30(27,28)20-14-12-19(13-15-20)24-23(26)22(29-3)18-10-5-4-6-11-18/h4-15,22,25H,1-3H3,(H,24,26)/t22-/m0/s1. The summed E-state index contributed by atoms with van der Waals surface area (Å²) < 4.78 is 33.5. The minimum absolute atomic E-state index is 0.106. The summed E-state index contributed by atoms with van der Waals surface area (Å²) >= 11 is 0. The highest BCUT2D eigenvalue weighted by Gasteiger charge is 2.21. The van der Waals surface area contributed by atoms with Crippen LogP contribution in [-0.4, -0.2) is 21.4 Å². The maximum atomic E-state index is 12.8. The summed E-state index contributed by atoms with van der Waals surface area (Å²) in [6, 6.07) is 20.7. The van der Waals surface area contributed by atoms with Crippen molar-refractivity contribution < 1.29 is 17.9 Å². The first kappa shape index (κ1) is 21.5. The average Bonchev–Trinajstić information content (AvgIpc) is 2.73. The van der Waals surface area contributed by atoms with Crippen LogP contribution < -0.4 is 10.0 Å². The van der Waals surface area contributed by atoms with Crippen molar-refractivity contribution in [1.82, 2.24) is 0 Å². The number of rotatable bonds is 7. The number of sulfonamides is 1. The maximum Gasteiger partial charge on any atom is 0.261 e. The minimum atomic E-state index is -3.75. The van der Waals surface area contributed by atoms with Gasteiger partial charge in [0.25, 0.3) is 15.9 Å². The van der Waals surface area contributed by atoms with E-state index in [-0.39, 0.29) is 10.8 Å². The molecule has 30 heavy (non-hydrogen) atoms. The molecule has 7 heteroatoms. The van der Waals surface area contributed by atoms with Crippen molar-refractivity contribution in [2.75, 3.05) is 17.1 Å². The van der Waals surface area contributed by atoms with E-state index in [2.05, 4.69) is 10.0 Å². The number of hydrogen-bond donors (Lipinski definition) is 2. The van der Waals surface area contributed by atoms with Crippen LogP contribution in [0, 0.1) is 13.8 Å². The number of aryl methyl sites for hydroxylation is 2. The molecule has 0 bridgehead atoms. The number of nitrogens with one attached hydrogen (secondary N) is 2. The molecule has 3 rings (SSSR count). The molecule has 6 nitrogen and oxygen atoms in total. The minimum Gasteiger partial charge on any atom is -0.367 e. The fourth-order valence-corrected chi connectivity index (χ4v) is 4.32. The Bertz CT molecular complexity index is 1110. The van der Waals surface area contributed by atoms with E-state index in [1.165, 1.54) is 19.2 Å². The molecule has 0 aromatic heterocycles. The Balaban J connectivity index is 1.75. The number of anilines is 2. The predicted octanol–water partition coefficient (Wildman–Crippen LogP) is 4.43. The third-order valence-electron chi connectivity index (χ3n) is 4.73. The van der Waals surface area contributed by atoms with Crippen LogP contribution >= 0.6 is 0 Å². The molecule has 0 heterocycles. The summed E-state index contributed by atoms with van der Waals surface area (Å²) in [5.41, 5.74) is 3.46. The average molecular weight is 425 g/mol. The number of carbonyl (C=O) groups excluding carboxylic acids is 1. The molecule has 3 aromatic rings. The molecule has 0 saturated heterocycles. The Morgan fingerprint density at radius 2 is 1.47 bits per heavy atom. The second kappa shape index (κ2) is 9.11. The molecule has 0 radical (unpaired) electrons. The van der Waals surface area contributed by atoms with Crippen molar-refractivity contribution in [3.05, 3.63) is 89.5 Å². The SMILES string of the molecule is CO[C@H](C(=O)Nc1ccc(S(=O)(=O)Nc2c(C)cccc2C)cc1)c1ccccc1. The van der Waals surface area contributed by atoms with E-state index >= 15 is 0 Å². The molecule has 0 spiro atoms. The van der Waals surface area contributed by atoms with Gasteiger partial charge < -0.3 is 10.1 Å². The summed E-state index contributed by atoms with van der Waals surface area (Å²) in [4.78, 5) is 12.7. The zero-order chi connectivity index (χ0) is 21.7. The zero-order valence-electron chi connectivity index (χ0n) is 17.0. The molecule has 0 unspecified atom stereocenters. The van der Waals surface area contributed by atoms with Gasteiger partial charge in [-0.05, 0) is 54.8 Å². The number of amides is 1. The second-order valence-electron chi connectivity index (χ2n) is 6.91. The topological polar surface area (TPSA) is 84.5 Å². The lowest BCUT2D eigenvalue weighted by Gasteiger charge is -2.16. The van der Waals surface area contributed by atoms with Gasteiger partial charge >= 0.3 is 0 Å². The van der Waals surface area contributed by atoms with Crippen molar-refractivity contribution in [2.24, 2.45) is 0 Å². The number of hydrogen-bond acceptors (Lipinski definition) is 4. The number of ether oxygens (including phenoxy) is 1. The lowest BCUT2D eigenvalue weighted by Crippen LogP contribution is -2.22. The normalized spacial score (nSPS) is 12.2. The van der Waals surface area contributed by atoms with Gasteiger partial charge in [0.15, 0.2) is 6.10 Å². The molecule has 0 aliphatic rings. The highest BCUT2D eigenvalue weighted by atomic mass is 32.2. The Morgan fingerprint density at radius 1 is 0.867 bits per heavy atom. The Kier molecular flexibility index (Phi) is 6.54. The molecule has 1 atom stereocenters. The van der Waals surface area contributed by atoms with Gasteiger partial charge in [0.1, 0.15) is 0 Å². The first-order valence-corrected chi connectivity index (χ1v) is 10.9. The van der Waals surface area contributed by atoms with Crippen LogP contribution in [0.3, 0.4) is 0 Å². The van der Waals surface area contributed by atoms with E-state index in [1.807, 2.05) is 62.4 Å². The number of para-hydroxylation sites is 1. The summed E-state index contributed by atoms with van der Waals surface area (Å²) in [7, 11) is -2.29. The fourth-order valence-electron chi connectivity index (χ4n) is 3.12. The molecule has 2 N–H and O–H groups in total. The van der Waals surface area contributed by atoms with E-state index in [0.717, 1.165) is 16.7 Å². The highest BCUT2D eigenvalue weighted by Crippen LogP contribution is 2.25. The van der Waals surface area contributed by atoms with E-state index < -0.39 is 16.1 Å². The summed E-state index contributed by atoms with van der Waals surface area (Å²) in [6.45, 7) is 3.70. The van der Waals surface area contributed by atoms with Crippen LogP contribution in [0.25, 0.3) is 0 Å². The van der Waals surface area contributed by atoms with Gasteiger partial charge in [-0.1, -0.05) is 48.5 Å². The van der Waals surface area contributed by atoms with E-state index in [1.54, 1.807) is 12.1 Å². The van der Waals surface area contributed by atoms with E-state index in [0.29, 0.717) is 11.4 Å². The first-order valence-electron chi connectivity index (χ1n) is 9.39. The van der Waals surface area contributed by atoms with Crippen LogP contribution in [0.15, 0.2) is 77.7 Å². The molecular formula is C23H24N2O4S. The lowest BCUT2D eigenvalue weighted by molar-refractivity contribution is -0.126. The Labute approximate surface area is 177 Å². The lowest BCUT2D eigenvalue weighted by atomic mass is 10.1. The quantitative estimate of drug-likeness (QED) is 0.588. The fraction of sp³-hybridized carbons (Fsp3) is 0.174. The van der Waals surface area contributed by atoms with Gasteiger partial charge in [-0.25, -0.2) is 8.42 Å². The molecule has 3 aromatic carbocycles. The predicted molar refractivity (Wildman–Crippen MR) is 118 cm³/mol. The first-order chi connectivity index (χ1) is 14.3. The van der Waals surface area contributed by atoms with Crippen molar-refractivity contribution >= 4 is 27.3 Å². The van der Waals surface area contributed by atoms with Crippen molar-refractivity contribution in [2.45, 2.75) is 24.8 Å². The van der Waals surface area contributed by atoms with Crippen molar-refractivity contribution in [3.8, 4) is 0 Å². The molecule has 1 amide bonds. The van der Waals surface area contributed by atoms with Crippen LogP contribution in [0.4, 0.5) is 11.4 Å².